The third kappa shape index (κ3) is 6.74. The van der Waals surface area contributed by atoms with Crippen molar-refractivity contribution in [2.24, 2.45) is 0 Å². The van der Waals surface area contributed by atoms with Gasteiger partial charge in [-0.2, -0.15) is 0 Å². The Labute approximate surface area is 200 Å². The molecule has 0 aromatic carbocycles. The average molecular weight is 518 g/mol. The SMILES string of the molecule is CC(=O)N[C@@H]1O[C@H](COC(C)=O)[C@H](OC(=O)NC2CCCCC2)[C@H]2O[C@H](C(Cl)(Cl)Cl)O[C@H]21. The third-order valence-electron chi connectivity index (χ3n) is 5.43. The minimum absolute atomic E-state index is 0.00488. The van der Waals surface area contributed by atoms with Crippen LogP contribution >= 0.6 is 34.8 Å². The van der Waals surface area contributed by atoms with Crippen molar-refractivity contribution in [3.63, 3.8) is 0 Å². The number of hydrogen-bond donors (Lipinski definition) is 2. The molecule has 2 saturated heterocycles. The molecule has 0 radical (unpaired) electrons. The van der Waals surface area contributed by atoms with Crippen LogP contribution in [0.1, 0.15) is 46.0 Å². The van der Waals surface area contributed by atoms with Gasteiger partial charge < -0.3 is 34.3 Å². The molecule has 2 heterocycles. The number of carbonyl (C=O) groups is 3. The molecule has 0 spiro atoms. The lowest BCUT2D eigenvalue weighted by Gasteiger charge is -2.41. The number of alkyl carbamates (subject to hydrolysis) is 1. The minimum atomic E-state index is -1.95. The molecule has 2 aliphatic heterocycles. The molecule has 1 aliphatic carbocycles. The lowest BCUT2D eigenvalue weighted by molar-refractivity contribution is -0.210. The molecule has 0 unspecified atom stereocenters. The van der Waals surface area contributed by atoms with E-state index < -0.39 is 58.7 Å². The van der Waals surface area contributed by atoms with Gasteiger partial charge in [-0.3, -0.25) is 9.59 Å². The highest BCUT2D eigenvalue weighted by molar-refractivity contribution is 6.67. The average Bonchev–Trinajstić information content (AvgIpc) is 3.15. The van der Waals surface area contributed by atoms with Crippen molar-refractivity contribution < 1.29 is 38.1 Å². The lowest BCUT2D eigenvalue weighted by Crippen LogP contribution is -2.63. The molecule has 3 aliphatic rings. The van der Waals surface area contributed by atoms with Crippen LogP contribution in [0.25, 0.3) is 0 Å². The van der Waals surface area contributed by atoms with Crippen molar-refractivity contribution in [3.05, 3.63) is 0 Å². The molecule has 2 amide bonds. The van der Waals surface area contributed by atoms with Gasteiger partial charge in [-0.1, -0.05) is 54.1 Å². The number of hydrogen-bond acceptors (Lipinski definition) is 8. The number of nitrogens with one attached hydrogen (secondary N) is 2. The Morgan fingerprint density at radius 2 is 1.62 bits per heavy atom. The van der Waals surface area contributed by atoms with E-state index in [0.29, 0.717) is 0 Å². The van der Waals surface area contributed by atoms with Gasteiger partial charge in [0.05, 0.1) is 0 Å². The predicted octanol–water partition coefficient (Wildman–Crippen LogP) is 2.32. The van der Waals surface area contributed by atoms with Gasteiger partial charge in [-0.25, -0.2) is 4.79 Å². The van der Waals surface area contributed by atoms with Gasteiger partial charge in [0, 0.05) is 19.9 Å². The van der Waals surface area contributed by atoms with Crippen LogP contribution in [-0.4, -0.2) is 71.3 Å². The lowest BCUT2D eigenvalue weighted by atomic mass is 9.96. The van der Waals surface area contributed by atoms with Crippen LogP contribution in [0.3, 0.4) is 0 Å². The maximum Gasteiger partial charge on any atom is 0.407 e. The number of alkyl halides is 3. The molecule has 6 atom stereocenters. The summed E-state index contributed by atoms with van der Waals surface area (Å²) in [6, 6.07) is 0.00488. The topological polar surface area (TPSA) is 121 Å². The number of amides is 2. The highest BCUT2D eigenvalue weighted by Gasteiger charge is 2.58. The van der Waals surface area contributed by atoms with Gasteiger partial charge in [0.1, 0.15) is 24.9 Å². The molecule has 3 rings (SSSR count). The molecule has 0 aromatic heterocycles. The fourth-order valence-electron chi connectivity index (χ4n) is 4.05. The summed E-state index contributed by atoms with van der Waals surface area (Å²) in [7, 11) is 0. The van der Waals surface area contributed by atoms with Gasteiger partial charge in [-0.05, 0) is 12.8 Å². The summed E-state index contributed by atoms with van der Waals surface area (Å²) >= 11 is 17.8. The molecule has 1 saturated carbocycles. The number of halogens is 3. The zero-order valence-corrected chi connectivity index (χ0v) is 20.0. The zero-order chi connectivity index (χ0) is 23.5. The number of fused-ring (bicyclic) bond motifs is 1. The van der Waals surface area contributed by atoms with Crippen LogP contribution in [-0.2, 0) is 33.3 Å². The van der Waals surface area contributed by atoms with E-state index in [2.05, 4.69) is 10.6 Å². The molecule has 3 fully saturated rings. The van der Waals surface area contributed by atoms with E-state index in [-0.39, 0.29) is 12.6 Å². The Bertz CT molecular complexity index is 701. The minimum Gasteiger partial charge on any atom is -0.463 e. The first-order valence-electron chi connectivity index (χ1n) is 10.5. The number of ether oxygens (including phenoxy) is 5. The summed E-state index contributed by atoms with van der Waals surface area (Å²) in [5.74, 6) is -0.963. The first-order chi connectivity index (χ1) is 15.0. The molecule has 32 heavy (non-hydrogen) atoms. The van der Waals surface area contributed by atoms with Crippen LogP contribution in [0, 0.1) is 0 Å². The molecular weight excluding hydrogens is 491 g/mol. The zero-order valence-electron chi connectivity index (χ0n) is 17.7. The van der Waals surface area contributed by atoms with Gasteiger partial charge in [0.25, 0.3) is 0 Å². The molecular formula is C19H27Cl3N2O8. The van der Waals surface area contributed by atoms with Crippen molar-refractivity contribution in [1.82, 2.24) is 10.6 Å². The number of carbonyl (C=O) groups excluding carboxylic acids is 3. The highest BCUT2D eigenvalue weighted by Crippen LogP contribution is 2.42. The summed E-state index contributed by atoms with van der Waals surface area (Å²) in [6.07, 6.45) is -2.02. The van der Waals surface area contributed by atoms with Gasteiger partial charge in [0.2, 0.25) is 16.0 Å². The van der Waals surface area contributed by atoms with E-state index in [1.807, 2.05) is 0 Å². The van der Waals surface area contributed by atoms with E-state index in [9.17, 15) is 14.4 Å². The van der Waals surface area contributed by atoms with Crippen molar-refractivity contribution >= 4 is 52.8 Å². The van der Waals surface area contributed by atoms with Crippen LogP contribution in [0.5, 0.6) is 0 Å². The van der Waals surface area contributed by atoms with E-state index in [1.54, 1.807) is 0 Å². The Hall–Kier alpha value is -1.04. The summed E-state index contributed by atoms with van der Waals surface area (Å²) < 4.78 is 26.2. The van der Waals surface area contributed by atoms with Crippen molar-refractivity contribution in [1.29, 1.82) is 0 Å². The van der Waals surface area contributed by atoms with E-state index >= 15 is 0 Å². The maximum absolute atomic E-state index is 12.6. The fourth-order valence-corrected chi connectivity index (χ4v) is 4.36. The summed E-state index contributed by atoms with van der Waals surface area (Å²) in [6.45, 7) is 2.27. The fraction of sp³-hybridized carbons (Fsp3) is 0.842. The van der Waals surface area contributed by atoms with Gasteiger partial charge >= 0.3 is 12.1 Å². The predicted molar refractivity (Wildman–Crippen MR) is 113 cm³/mol. The Morgan fingerprint density at radius 3 is 2.22 bits per heavy atom. The van der Waals surface area contributed by atoms with E-state index in [4.69, 9.17) is 58.5 Å². The highest BCUT2D eigenvalue weighted by atomic mass is 35.6. The second kappa shape index (κ2) is 10.9. The number of esters is 1. The molecule has 13 heteroatoms. The van der Waals surface area contributed by atoms with Gasteiger partial charge in [-0.15, -0.1) is 0 Å². The van der Waals surface area contributed by atoms with Crippen molar-refractivity contribution in [2.45, 2.75) is 92.7 Å². The molecule has 2 N–H and O–H groups in total. The molecule has 0 bridgehead atoms. The van der Waals surface area contributed by atoms with Crippen molar-refractivity contribution in [2.75, 3.05) is 6.61 Å². The standard InChI is InChI=1S/C19H27Cl3N2O8/c1-9(25)23-16-15-14(30-17(31-15)19(20,21)22)13(12(29-16)8-28-10(2)26)32-18(27)24-11-6-4-3-5-7-11/h11-17H,3-8H2,1-2H3,(H,23,25)(H,24,27)/t12-,13+,14-,15-,16-,17+/m1/s1. The quantitative estimate of drug-likeness (QED) is 0.421. The van der Waals surface area contributed by atoms with Crippen molar-refractivity contribution in [3.8, 4) is 0 Å². The van der Waals surface area contributed by atoms with Crippen LogP contribution in [0.2, 0.25) is 0 Å². The normalized spacial score (nSPS) is 33.2. The summed E-state index contributed by atoms with van der Waals surface area (Å²) in [4.78, 5) is 35.7. The summed E-state index contributed by atoms with van der Waals surface area (Å²) in [5.41, 5.74) is 0. The second-order valence-corrected chi connectivity index (χ2v) is 10.4. The second-order valence-electron chi connectivity index (χ2n) is 8.02. The maximum atomic E-state index is 12.6. The molecule has 182 valence electrons. The first-order valence-corrected chi connectivity index (χ1v) is 11.6. The number of rotatable bonds is 5. The Morgan fingerprint density at radius 1 is 0.969 bits per heavy atom. The van der Waals surface area contributed by atoms with Crippen LogP contribution < -0.4 is 10.6 Å². The monoisotopic (exact) mass is 516 g/mol. The van der Waals surface area contributed by atoms with Crippen LogP contribution in [0.4, 0.5) is 4.79 Å². The molecule has 0 aromatic rings. The van der Waals surface area contributed by atoms with E-state index in [0.717, 1.165) is 32.1 Å². The largest absolute Gasteiger partial charge is 0.463 e. The Balaban J connectivity index is 1.79. The summed E-state index contributed by atoms with van der Waals surface area (Å²) in [5, 5.41) is 5.44. The molecule has 10 nitrogen and oxygen atoms in total. The van der Waals surface area contributed by atoms with E-state index in [1.165, 1.54) is 13.8 Å². The smallest absolute Gasteiger partial charge is 0.407 e. The Kier molecular flexibility index (Phi) is 8.73. The third-order valence-corrected chi connectivity index (χ3v) is 5.96. The van der Waals surface area contributed by atoms with Gasteiger partial charge in [0.15, 0.2) is 12.3 Å². The first kappa shape index (κ1) is 25.6. The van der Waals surface area contributed by atoms with Crippen LogP contribution in [0.15, 0.2) is 0 Å².